The number of carboxylic acids is 1. The first-order chi connectivity index (χ1) is 9.10. The second kappa shape index (κ2) is 5.30. The zero-order valence-electron chi connectivity index (χ0n) is 10.2. The van der Waals surface area contributed by atoms with Gasteiger partial charge in [0.05, 0.1) is 5.56 Å². The van der Waals surface area contributed by atoms with Gasteiger partial charge in [-0.2, -0.15) is 0 Å². The van der Waals surface area contributed by atoms with Gasteiger partial charge in [0.1, 0.15) is 5.82 Å². The number of aromatic carboxylic acids is 1. The number of hydrogen-bond acceptors (Lipinski definition) is 4. The van der Waals surface area contributed by atoms with E-state index in [1.54, 1.807) is 12.1 Å². The van der Waals surface area contributed by atoms with Gasteiger partial charge in [-0.3, -0.25) is 9.89 Å². The number of rotatable bonds is 4. The number of aromatic amines is 1. The van der Waals surface area contributed by atoms with Crippen molar-refractivity contribution in [1.29, 1.82) is 0 Å². The highest BCUT2D eigenvalue weighted by Crippen LogP contribution is 2.11. The second-order valence-electron chi connectivity index (χ2n) is 3.80. The van der Waals surface area contributed by atoms with Crippen molar-refractivity contribution in [3.8, 4) is 0 Å². The molecule has 0 saturated heterocycles. The summed E-state index contributed by atoms with van der Waals surface area (Å²) in [6.07, 6.45) is 0.648. The third kappa shape index (κ3) is 2.95. The molecular weight excluding hydrogens is 248 g/mol. The Morgan fingerprint density at radius 3 is 2.84 bits per heavy atom. The van der Waals surface area contributed by atoms with Crippen molar-refractivity contribution < 1.29 is 14.7 Å². The molecule has 0 aliphatic heterocycles. The minimum atomic E-state index is -1.05. The van der Waals surface area contributed by atoms with Crippen LogP contribution in [0.15, 0.2) is 24.3 Å². The smallest absolute Gasteiger partial charge is 0.335 e. The largest absolute Gasteiger partial charge is 0.478 e. The summed E-state index contributed by atoms with van der Waals surface area (Å²) in [4.78, 5) is 26.6. The number of hydrogen-bond donors (Lipinski definition) is 3. The number of H-pyrrole nitrogens is 1. The van der Waals surface area contributed by atoms with Crippen LogP contribution in [0.2, 0.25) is 0 Å². The predicted molar refractivity (Wildman–Crippen MR) is 67.1 cm³/mol. The van der Waals surface area contributed by atoms with E-state index in [-0.39, 0.29) is 11.4 Å². The van der Waals surface area contributed by atoms with Crippen LogP contribution in [-0.4, -0.2) is 32.2 Å². The number of anilines is 1. The van der Waals surface area contributed by atoms with Gasteiger partial charge < -0.3 is 10.4 Å². The van der Waals surface area contributed by atoms with Crippen molar-refractivity contribution in [2.24, 2.45) is 0 Å². The van der Waals surface area contributed by atoms with Crippen molar-refractivity contribution in [1.82, 2.24) is 15.2 Å². The van der Waals surface area contributed by atoms with Gasteiger partial charge in [0.25, 0.3) is 5.91 Å². The van der Waals surface area contributed by atoms with Gasteiger partial charge in [-0.15, -0.1) is 5.10 Å². The number of nitrogens with one attached hydrogen (secondary N) is 2. The van der Waals surface area contributed by atoms with E-state index in [1.807, 2.05) is 6.92 Å². The van der Waals surface area contributed by atoms with Crippen LogP contribution < -0.4 is 5.32 Å². The molecule has 0 atom stereocenters. The Morgan fingerprint density at radius 2 is 2.21 bits per heavy atom. The maximum absolute atomic E-state index is 11.8. The molecule has 0 aliphatic rings. The molecule has 1 aromatic carbocycles. The zero-order chi connectivity index (χ0) is 13.8. The molecule has 0 unspecified atom stereocenters. The average molecular weight is 260 g/mol. The van der Waals surface area contributed by atoms with Gasteiger partial charge in [-0.25, -0.2) is 9.78 Å². The van der Waals surface area contributed by atoms with Gasteiger partial charge in [0.15, 0.2) is 0 Å². The van der Waals surface area contributed by atoms with Crippen LogP contribution in [0.25, 0.3) is 0 Å². The number of aromatic nitrogens is 3. The van der Waals surface area contributed by atoms with Crippen LogP contribution in [0.3, 0.4) is 0 Å². The molecular formula is C12H12N4O3. The minimum Gasteiger partial charge on any atom is -0.478 e. The van der Waals surface area contributed by atoms with Gasteiger partial charge in [-0.1, -0.05) is 13.0 Å². The molecule has 1 heterocycles. The molecule has 0 bridgehead atoms. The van der Waals surface area contributed by atoms with Crippen molar-refractivity contribution >= 4 is 17.6 Å². The first-order valence-electron chi connectivity index (χ1n) is 5.66. The predicted octanol–water partition coefficient (Wildman–Crippen LogP) is 1.32. The fourth-order valence-electron chi connectivity index (χ4n) is 1.47. The van der Waals surface area contributed by atoms with Crippen molar-refractivity contribution in [3.63, 3.8) is 0 Å². The summed E-state index contributed by atoms with van der Waals surface area (Å²) in [6, 6.07) is 5.96. The lowest BCUT2D eigenvalue weighted by molar-refractivity contribution is 0.0696. The number of amides is 1. The Kier molecular flexibility index (Phi) is 3.56. The van der Waals surface area contributed by atoms with Crippen LogP contribution in [0, 0.1) is 0 Å². The van der Waals surface area contributed by atoms with Crippen LogP contribution >= 0.6 is 0 Å². The Morgan fingerprint density at radius 1 is 1.42 bits per heavy atom. The normalized spacial score (nSPS) is 10.2. The Labute approximate surface area is 108 Å². The fraction of sp³-hybridized carbons (Fsp3) is 0.167. The van der Waals surface area contributed by atoms with Crippen molar-refractivity contribution in [3.05, 3.63) is 41.5 Å². The number of carboxylic acid groups (broad SMARTS) is 1. The topological polar surface area (TPSA) is 108 Å². The molecule has 0 radical (unpaired) electrons. The van der Waals surface area contributed by atoms with Gasteiger partial charge in [0.2, 0.25) is 5.82 Å². The summed E-state index contributed by atoms with van der Waals surface area (Å²) in [5, 5.41) is 17.8. The standard InChI is InChI=1S/C12H12N4O3/c1-2-9-14-10(16-15-9)11(17)13-8-5-3-4-7(6-8)12(18)19/h3-6H,2H2,1H3,(H,13,17)(H,18,19)(H,14,15,16). The second-order valence-corrected chi connectivity index (χ2v) is 3.80. The van der Waals surface area contributed by atoms with E-state index in [9.17, 15) is 9.59 Å². The lowest BCUT2D eigenvalue weighted by Crippen LogP contribution is -2.14. The van der Waals surface area contributed by atoms with E-state index in [2.05, 4.69) is 20.5 Å². The van der Waals surface area contributed by atoms with Gasteiger partial charge in [-0.05, 0) is 18.2 Å². The first-order valence-corrected chi connectivity index (χ1v) is 5.66. The first kappa shape index (κ1) is 12.7. The third-order valence-corrected chi connectivity index (χ3v) is 2.44. The molecule has 19 heavy (non-hydrogen) atoms. The summed E-state index contributed by atoms with van der Waals surface area (Å²) >= 11 is 0. The third-order valence-electron chi connectivity index (χ3n) is 2.44. The molecule has 2 rings (SSSR count). The Hall–Kier alpha value is -2.70. The summed E-state index contributed by atoms with van der Waals surface area (Å²) in [5.41, 5.74) is 0.481. The highest BCUT2D eigenvalue weighted by atomic mass is 16.4. The summed E-state index contributed by atoms with van der Waals surface area (Å²) in [5.74, 6) is -0.900. The zero-order valence-corrected chi connectivity index (χ0v) is 10.2. The molecule has 7 heteroatoms. The monoisotopic (exact) mass is 260 g/mol. The van der Waals surface area contributed by atoms with Crippen LogP contribution in [0.1, 0.15) is 33.7 Å². The summed E-state index contributed by atoms with van der Waals surface area (Å²) in [6.45, 7) is 1.89. The molecule has 98 valence electrons. The van der Waals surface area contributed by atoms with Crippen LogP contribution in [-0.2, 0) is 6.42 Å². The fourth-order valence-corrected chi connectivity index (χ4v) is 1.47. The SMILES string of the molecule is CCc1nc(C(=O)Nc2cccc(C(=O)O)c2)n[nH]1. The quantitative estimate of drug-likeness (QED) is 0.768. The lowest BCUT2D eigenvalue weighted by Gasteiger charge is -2.03. The molecule has 3 N–H and O–H groups in total. The summed E-state index contributed by atoms with van der Waals surface area (Å²) in [7, 11) is 0. The molecule has 1 aromatic heterocycles. The van der Waals surface area contributed by atoms with Crippen molar-refractivity contribution in [2.45, 2.75) is 13.3 Å². The molecule has 7 nitrogen and oxygen atoms in total. The molecule has 2 aromatic rings. The molecule has 1 amide bonds. The highest BCUT2D eigenvalue weighted by molar-refractivity contribution is 6.02. The number of carbonyl (C=O) groups excluding carboxylic acids is 1. The molecule has 0 aliphatic carbocycles. The van der Waals surface area contributed by atoms with Gasteiger partial charge >= 0.3 is 5.97 Å². The minimum absolute atomic E-state index is 0.0255. The molecule has 0 spiro atoms. The van der Waals surface area contributed by atoms with E-state index in [1.165, 1.54) is 12.1 Å². The van der Waals surface area contributed by atoms with Crippen LogP contribution in [0.4, 0.5) is 5.69 Å². The maximum atomic E-state index is 11.8. The van der Waals surface area contributed by atoms with Crippen LogP contribution in [0.5, 0.6) is 0 Å². The van der Waals surface area contributed by atoms with Crippen molar-refractivity contribution in [2.75, 3.05) is 5.32 Å². The van der Waals surface area contributed by atoms with E-state index in [4.69, 9.17) is 5.11 Å². The average Bonchev–Trinajstić information content (AvgIpc) is 2.88. The van der Waals surface area contributed by atoms with E-state index < -0.39 is 11.9 Å². The van der Waals surface area contributed by atoms with E-state index >= 15 is 0 Å². The summed E-state index contributed by atoms with van der Waals surface area (Å²) < 4.78 is 0. The Balaban J connectivity index is 2.14. The number of aryl methyl sites for hydroxylation is 1. The number of benzene rings is 1. The number of nitrogens with zero attached hydrogens (tertiary/aromatic N) is 2. The highest BCUT2D eigenvalue weighted by Gasteiger charge is 2.12. The lowest BCUT2D eigenvalue weighted by atomic mass is 10.2. The van der Waals surface area contributed by atoms with Gasteiger partial charge in [0, 0.05) is 12.1 Å². The molecule has 0 saturated carbocycles. The van der Waals surface area contributed by atoms with E-state index in [0.29, 0.717) is 17.9 Å². The van der Waals surface area contributed by atoms with E-state index in [0.717, 1.165) is 0 Å². The molecule has 0 fully saturated rings. The Bertz CT molecular complexity index is 621. The maximum Gasteiger partial charge on any atom is 0.335 e. The number of carbonyl (C=O) groups is 2.